The number of rotatable bonds is 7. The van der Waals surface area contributed by atoms with E-state index in [1.165, 1.54) is 0 Å². The Kier molecular flexibility index (Phi) is 5.89. The van der Waals surface area contributed by atoms with E-state index in [4.69, 9.17) is 14.0 Å². The lowest BCUT2D eigenvalue weighted by molar-refractivity contribution is 0.0946. The number of carbonyl (C=O) groups is 1. The predicted molar refractivity (Wildman–Crippen MR) is 118 cm³/mol. The molecule has 3 aromatic carbocycles. The third-order valence-electron chi connectivity index (χ3n) is 5.28. The van der Waals surface area contributed by atoms with Crippen molar-refractivity contribution in [1.29, 1.82) is 0 Å². The molecule has 0 saturated heterocycles. The van der Waals surface area contributed by atoms with E-state index in [1.54, 1.807) is 7.11 Å². The van der Waals surface area contributed by atoms with Crippen LogP contribution in [0.3, 0.4) is 0 Å². The van der Waals surface area contributed by atoms with Gasteiger partial charge in [0.2, 0.25) is 0 Å². The number of hydrogen-bond donors (Lipinski definition) is 1. The molecule has 0 radical (unpaired) electrons. The number of ether oxygens (including phenoxy) is 2. The molecule has 0 saturated carbocycles. The van der Waals surface area contributed by atoms with Crippen LogP contribution in [0.5, 0.6) is 11.5 Å². The summed E-state index contributed by atoms with van der Waals surface area (Å²) in [7, 11) is 1.62. The van der Waals surface area contributed by atoms with Gasteiger partial charge in [-0.1, -0.05) is 47.6 Å². The van der Waals surface area contributed by atoms with Crippen molar-refractivity contribution in [3.05, 3.63) is 88.8 Å². The summed E-state index contributed by atoms with van der Waals surface area (Å²) in [6.45, 7) is 4.33. The summed E-state index contributed by atoms with van der Waals surface area (Å²) in [5.41, 5.74) is 3.03. The van der Waals surface area contributed by atoms with Gasteiger partial charge in [0.25, 0.3) is 5.91 Å². The number of fused-ring (bicyclic) bond motifs is 1. The average Bonchev–Trinajstić information content (AvgIpc) is 3.12. The maximum atomic E-state index is 13.1. The third kappa shape index (κ3) is 4.38. The molecular formula is C25H24N2O4. The first-order chi connectivity index (χ1) is 15.1. The van der Waals surface area contributed by atoms with Crippen LogP contribution >= 0.6 is 0 Å². The SMILES string of the molecule is COc1ccccc1CNC(=O)c1cc2ccccc2cc1OCc1c(C)noc1C. The van der Waals surface area contributed by atoms with Crippen molar-refractivity contribution in [1.82, 2.24) is 10.5 Å². The highest BCUT2D eigenvalue weighted by molar-refractivity contribution is 6.01. The Bertz CT molecular complexity index is 1210. The highest BCUT2D eigenvalue weighted by Crippen LogP contribution is 2.28. The highest BCUT2D eigenvalue weighted by atomic mass is 16.5. The fraction of sp³-hybridized carbons (Fsp3) is 0.200. The van der Waals surface area contributed by atoms with Gasteiger partial charge in [-0.3, -0.25) is 4.79 Å². The molecule has 0 unspecified atom stereocenters. The van der Waals surface area contributed by atoms with Gasteiger partial charge in [-0.2, -0.15) is 0 Å². The van der Waals surface area contributed by atoms with Gasteiger partial charge in [0.1, 0.15) is 23.9 Å². The van der Waals surface area contributed by atoms with Gasteiger partial charge < -0.3 is 19.3 Å². The lowest BCUT2D eigenvalue weighted by atomic mass is 10.0. The molecule has 0 aliphatic carbocycles. The number of aromatic nitrogens is 1. The molecule has 0 spiro atoms. The molecule has 0 bridgehead atoms. The van der Waals surface area contributed by atoms with Crippen LogP contribution in [0.2, 0.25) is 0 Å². The minimum atomic E-state index is -0.217. The molecule has 6 nitrogen and oxygen atoms in total. The second-order valence-electron chi connectivity index (χ2n) is 7.28. The summed E-state index contributed by atoms with van der Waals surface area (Å²) in [5.74, 6) is 1.73. The van der Waals surface area contributed by atoms with Crippen LogP contribution in [0, 0.1) is 13.8 Å². The lowest BCUT2D eigenvalue weighted by Crippen LogP contribution is -2.23. The smallest absolute Gasteiger partial charge is 0.255 e. The van der Waals surface area contributed by atoms with Crippen molar-refractivity contribution in [3.63, 3.8) is 0 Å². The molecule has 0 aliphatic heterocycles. The Morgan fingerprint density at radius 3 is 2.42 bits per heavy atom. The normalized spacial score (nSPS) is 10.8. The number of hydrogen-bond acceptors (Lipinski definition) is 5. The van der Waals surface area contributed by atoms with Gasteiger partial charge in [0.05, 0.1) is 23.9 Å². The Hall–Kier alpha value is -3.80. The van der Waals surface area contributed by atoms with E-state index in [1.807, 2.05) is 74.5 Å². The molecule has 1 amide bonds. The average molecular weight is 416 g/mol. The zero-order chi connectivity index (χ0) is 21.8. The highest BCUT2D eigenvalue weighted by Gasteiger charge is 2.17. The van der Waals surface area contributed by atoms with E-state index in [9.17, 15) is 4.79 Å². The first-order valence-electron chi connectivity index (χ1n) is 10.0. The first-order valence-corrected chi connectivity index (χ1v) is 10.0. The second-order valence-corrected chi connectivity index (χ2v) is 7.28. The van der Waals surface area contributed by atoms with Crippen LogP contribution in [-0.2, 0) is 13.2 Å². The minimum Gasteiger partial charge on any atom is -0.496 e. The zero-order valence-corrected chi connectivity index (χ0v) is 17.8. The van der Waals surface area contributed by atoms with Gasteiger partial charge >= 0.3 is 0 Å². The summed E-state index contributed by atoms with van der Waals surface area (Å²) in [6, 6.07) is 19.2. The monoisotopic (exact) mass is 416 g/mol. The van der Waals surface area contributed by atoms with Gasteiger partial charge in [0.15, 0.2) is 0 Å². The first kappa shape index (κ1) is 20.5. The molecular weight excluding hydrogens is 392 g/mol. The zero-order valence-electron chi connectivity index (χ0n) is 17.8. The van der Waals surface area contributed by atoms with Crippen molar-refractivity contribution in [3.8, 4) is 11.5 Å². The topological polar surface area (TPSA) is 73.6 Å². The van der Waals surface area contributed by atoms with Crippen LogP contribution in [-0.4, -0.2) is 18.2 Å². The van der Waals surface area contributed by atoms with Crippen LogP contribution in [0.1, 0.15) is 32.9 Å². The molecule has 1 N–H and O–H groups in total. The summed E-state index contributed by atoms with van der Waals surface area (Å²) < 4.78 is 16.7. The van der Waals surface area contributed by atoms with Crippen LogP contribution in [0.4, 0.5) is 0 Å². The largest absolute Gasteiger partial charge is 0.496 e. The maximum Gasteiger partial charge on any atom is 0.255 e. The summed E-state index contributed by atoms with van der Waals surface area (Å²) in [5, 5.41) is 8.92. The molecule has 4 rings (SSSR count). The summed E-state index contributed by atoms with van der Waals surface area (Å²) in [6.07, 6.45) is 0. The summed E-state index contributed by atoms with van der Waals surface area (Å²) >= 11 is 0. The van der Waals surface area contributed by atoms with Crippen molar-refractivity contribution < 1.29 is 18.8 Å². The lowest BCUT2D eigenvalue weighted by Gasteiger charge is -2.14. The number of nitrogens with one attached hydrogen (secondary N) is 1. The molecule has 31 heavy (non-hydrogen) atoms. The second kappa shape index (κ2) is 8.92. The molecule has 0 aliphatic rings. The van der Waals surface area contributed by atoms with E-state index in [0.717, 1.165) is 33.3 Å². The summed E-state index contributed by atoms with van der Waals surface area (Å²) in [4.78, 5) is 13.1. The molecule has 0 fully saturated rings. The van der Waals surface area contributed by atoms with Gasteiger partial charge in [-0.15, -0.1) is 0 Å². The van der Waals surface area contributed by atoms with E-state index < -0.39 is 0 Å². The van der Waals surface area contributed by atoms with E-state index in [2.05, 4.69) is 10.5 Å². The van der Waals surface area contributed by atoms with Crippen LogP contribution in [0.25, 0.3) is 10.8 Å². The molecule has 6 heteroatoms. The van der Waals surface area contributed by atoms with Gasteiger partial charge in [-0.25, -0.2) is 0 Å². The minimum absolute atomic E-state index is 0.217. The van der Waals surface area contributed by atoms with Crippen molar-refractivity contribution in [2.24, 2.45) is 0 Å². The number of nitrogens with zero attached hydrogens (tertiary/aromatic N) is 1. The van der Waals surface area contributed by atoms with Crippen molar-refractivity contribution >= 4 is 16.7 Å². The van der Waals surface area contributed by atoms with Crippen molar-refractivity contribution in [2.75, 3.05) is 7.11 Å². The third-order valence-corrected chi connectivity index (χ3v) is 5.28. The van der Waals surface area contributed by atoms with E-state index in [-0.39, 0.29) is 12.5 Å². The number of aryl methyl sites for hydroxylation is 2. The number of carbonyl (C=O) groups excluding carboxylic acids is 1. The molecule has 1 aromatic heterocycles. The molecule has 4 aromatic rings. The number of para-hydroxylation sites is 1. The van der Waals surface area contributed by atoms with Gasteiger partial charge in [0, 0.05) is 12.1 Å². The fourth-order valence-corrected chi connectivity index (χ4v) is 3.49. The number of methoxy groups -OCH3 is 1. The molecule has 0 atom stereocenters. The number of amides is 1. The van der Waals surface area contributed by atoms with Crippen molar-refractivity contribution in [2.45, 2.75) is 27.0 Å². The quantitative estimate of drug-likeness (QED) is 0.461. The van der Waals surface area contributed by atoms with Crippen LogP contribution < -0.4 is 14.8 Å². The van der Waals surface area contributed by atoms with Crippen LogP contribution in [0.15, 0.2) is 65.2 Å². The van der Waals surface area contributed by atoms with E-state index >= 15 is 0 Å². The Morgan fingerprint density at radius 1 is 1.00 bits per heavy atom. The Labute approximate surface area is 180 Å². The molecule has 158 valence electrons. The standard InChI is InChI=1S/C25H24N2O4/c1-16-22(17(2)31-27-16)15-30-24-13-19-9-5-4-8-18(19)12-21(24)25(28)26-14-20-10-6-7-11-23(20)29-3/h4-13H,14-15H2,1-3H3,(H,26,28). The van der Waals surface area contributed by atoms with E-state index in [0.29, 0.717) is 23.6 Å². The fourth-order valence-electron chi connectivity index (χ4n) is 3.49. The predicted octanol–water partition coefficient (Wildman–Crippen LogP) is 4.96. The Balaban J connectivity index is 1.61. The maximum absolute atomic E-state index is 13.1. The number of benzene rings is 3. The molecule has 1 heterocycles. The Morgan fingerprint density at radius 2 is 1.71 bits per heavy atom. The van der Waals surface area contributed by atoms with Gasteiger partial charge in [-0.05, 0) is 42.8 Å².